The van der Waals surface area contributed by atoms with Crippen LogP contribution in [0.4, 0.5) is 11.4 Å². The largest absolute Gasteiger partial charge is 0.504 e. The van der Waals surface area contributed by atoms with Gasteiger partial charge in [0.05, 0.1) is 42.9 Å². The molecule has 0 atom stereocenters. The Balaban J connectivity index is 1.30. The van der Waals surface area contributed by atoms with E-state index in [-0.39, 0.29) is 5.75 Å². The molecule has 1 aliphatic rings. The lowest BCUT2D eigenvalue weighted by Gasteiger charge is -2.26. The van der Waals surface area contributed by atoms with Crippen molar-refractivity contribution in [1.82, 2.24) is 9.88 Å². The lowest BCUT2D eigenvalue weighted by atomic mass is 10.1. The third kappa shape index (κ3) is 5.60. The molecule has 0 amide bonds. The Kier molecular flexibility index (Phi) is 7.31. The number of phenols is 1. The number of anilines is 2. The predicted molar refractivity (Wildman–Crippen MR) is 137 cm³/mol. The highest BCUT2D eigenvalue weighted by atomic mass is 16.5. The lowest BCUT2D eigenvalue weighted by Crippen LogP contribution is -2.37. The van der Waals surface area contributed by atoms with Crippen LogP contribution in [0.3, 0.4) is 0 Å². The third-order valence-corrected chi connectivity index (χ3v) is 6.23. The molecule has 0 spiro atoms. The molecule has 0 radical (unpaired) electrons. The van der Waals surface area contributed by atoms with Gasteiger partial charge in [0.2, 0.25) is 0 Å². The van der Waals surface area contributed by atoms with Gasteiger partial charge in [-0.1, -0.05) is 12.1 Å². The molecule has 0 bridgehead atoms. The minimum Gasteiger partial charge on any atom is -0.504 e. The number of hydrogen-bond donors (Lipinski definition) is 2. The quantitative estimate of drug-likeness (QED) is 0.325. The zero-order valence-corrected chi connectivity index (χ0v) is 19.9. The second kappa shape index (κ2) is 11.1. The maximum Gasteiger partial charge on any atom is 0.163 e. The van der Waals surface area contributed by atoms with E-state index in [1.165, 1.54) is 6.20 Å². The van der Waals surface area contributed by atoms with E-state index < -0.39 is 0 Å². The average Bonchev–Trinajstić information content (AvgIpc) is 3.42. The predicted octanol–water partition coefficient (Wildman–Crippen LogP) is 4.84. The van der Waals surface area contributed by atoms with Crippen molar-refractivity contribution in [3.05, 3.63) is 77.9 Å². The minimum atomic E-state index is 0.0163. The number of aromatic nitrogens is 1. The first kappa shape index (κ1) is 23.7. The normalized spacial score (nSPS) is 14.0. The Hall–Kier alpha value is -4.06. The molecule has 5 rings (SSSR count). The number of furan rings is 1. The van der Waals surface area contributed by atoms with Crippen LogP contribution in [0.1, 0.15) is 23.3 Å². The zero-order chi connectivity index (χ0) is 24.7. The maximum absolute atomic E-state index is 10.7. The van der Waals surface area contributed by atoms with Crippen molar-refractivity contribution in [2.45, 2.75) is 12.8 Å². The number of nitriles is 1. The molecule has 1 fully saturated rings. The van der Waals surface area contributed by atoms with Gasteiger partial charge in [-0.2, -0.15) is 5.26 Å². The highest BCUT2D eigenvalue weighted by Gasteiger charge is 2.15. The monoisotopic (exact) mass is 484 g/mol. The molecule has 184 valence electrons. The van der Waals surface area contributed by atoms with Crippen LogP contribution in [0.2, 0.25) is 0 Å². The molecule has 8 heteroatoms. The molecular weight excluding hydrogens is 456 g/mol. The van der Waals surface area contributed by atoms with Crippen LogP contribution in [-0.2, 0) is 11.2 Å². The molecule has 36 heavy (non-hydrogen) atoms. The summed E-state index contributed by atoms with van der Waals surface area (Å²) in [5.74, 6) is 1.30. The number of nitrogens with one attached hydrogen (secondary N) is 1. The van der Waals surface area contributed by atoms with Crippen molar-refractivity contribution in [3.63, 3.8) is 0 Å². The van der Waals surface area contributed by atoms with Gasteiger partial charge >= 0.3 is 0 Å². The molecule has 2 N–H and O–H groups in total. The number of fused-ring (bicyclic) bond motifs is 1. The number of phenolic OH excluding ortho intramolecular Hbond substituents is 1. The molecule has 8 nitrogen and oxygen atoms in total. The third-order valence-electron chi connectivity index (χ3n) is 6.23. The Morgan fingerprint density at radius 1 is 1.14 bits per heavy atom. The molecule has 0 saturated carbocycles. The van der Waals surface area contributed by atoms with Crippen molar-refractivity contribution >= 4 is 22.3 Å². The highest BCUT2D eigenvalue weighted by Crippen LogP contribution is 2.36. The van der Waals surface area contributed by atoms with Crippen molar-refractivity contribution in [2.75, 3.05) is 44.8 Å². The summed E-state index contributed by atoms with van der Waals surface area (Å²) in [5, 5.41) is 24.3. The number of hydrogen-bond acceptors (Lipinski definition) is 8. The number of pyridine rings is 1. The van der Waals surface area contributed by atoms with Crippen LogP contribution in [0, 0.1) is 11.3 Å². The van der Waals surface area contributed by atoms with Gasteiger partial charge in [-0.15, -0.1) is 0 Å². The van der Waals surface area contributed by atoms with Crippen molar-refractivity contribution in [3.8, 4) is 17.6 Å². The minimum absolute atomic E-state index is 0.0163. The van der Waals surface area contributed by atoms with Gasteiger partial charge in [-0.25, -0.2) is 0 Å². The number of ether oxygens (including phenoxy) is 2. The number of rotatable bonds is 9. The topological polar surface area (TPSA) is 104 Å². The van der Waals surface area contributed by atoms with Crippen molar-refractivity contribution in [2.24, 2.45) is 0 Å². The summed E-state index contributed by atoms with van der Waals surface area (Å²) >= 11 is 0. The molecule has 0 aliphatic carbocycles. The van der Waals surface area contributed by atoms with Gasteiger partial charge in [-0.3, -0.25) is 9.88 Å². The summed E-state index contributed by atoms with van der Waals surface area (Å²) in [5.41, 5.74) is 3.55. The van der Waals surface area contributed by atoms with Crippen LogP contribution in [0.15, 0.2) is 65.4 Å². The summed E-state index contributed by atoms with van der Waals surface area (Å²) in [7, 11) is 0. The zero-order valence-electron chi connectivity index (χ0n) is 19.9. The van der Waals surface area contributed by atoms with E-state index in [1.807, 2.05) is 36.4 Å². The Morgan fingerprint density at radius 2 is 1.97 bits per heavy atom. The number of morpholine rings is 1. The highest BCUT2D eigenvalue weighted by molar-refractivity contribution is 5.97. The number of aromatic hydroxyl groups is 1. The molecular formula is C28H28N4O4. The molecule has 3 heterocycles. The molecule has 1 saturated heterocycles. The first-order chi connectivity index (χ1) is 17.7. The van der Waals surface area contributed by atoms with Gasteiger partial charge in [0, 0.05) is 49.4 Å². The van der Waals surface area contributed by atoms with Crippen LogP contribution in [0.25, 0.3) is 10.9 Å². The smallest absolute Gasteiger partial charge is 0.163 e. The van der Waals surface area contributed by atoms with Crippen LogP contribution < -0.4 is 10.1 Å². The number of benzene rings is 2. The average molecular weight is 485 g/mol. The van der Waals surface area contributed by atoms with E-state index in [1.54, 1.807) is 18.4 Å². The molecule has 4 aromatic rings. The Bertz CT molecular complexity index is 1340. The molecule has 2 aromatic heterocycles. The fourth-order valence-electron chi connectivity index (χ4n) is 4.30. The summed E-state index contributed by atoms with van der Waals surface area (Å²) in [6.07, 6.45) is 4.76. The maximum atomic E-state index is 10.7. The van der Waals surface area contributed by atoms with Gasteiger partial charge in [0.1, 0.15) is 11.8 Å². The second-order valence-corrected chi connectivity index (χ2v) is 8.73. The summed E-state index contributed by atoms with van der Waals surface area (Å²) in [6, 6.07) is 17.3. The first-order valence-electron chi connectivity index (χ1n) is 12.1. The van der Waals surface area contributed by atoms with E-state index in [0.29, 0.717) is 40.9 Å². The van der Waals surface area contributed by atoms with Gasteiger partial charge in [0.25, 0.3) is 0 Å². The van der Waals surface area contributed by atoms with Gasteiger partial charge in [-0.05, 0) is 42.3 Å². The summed E-state index contributed by atoms with van der Waals surface area (Å²) < 4.78 is 16.7. The summed E-state index contributed by atoms with van der Waals surface area (Å²) in [4.78, 5) is 6.77. The van der Waals surface area contributed by atoms with Crippen molar-refractivity contribution < 1.29 is 19.0 Å². The Morgan fingerprint density at radius 3 is 2.72 bits per heavy atom. The Labute approximate surface area is 209 Å². The van der Waals surface area contributed by atoms with E-state index >= 15 is 0 Å². The molecule has 2 aromatic carbocycles. The fourth-order valence-corrected chi connectivity index (χ4v) is 4.30. The van der Waals surface area contributed by atoms with E-state index in [0.717, 1.165) is 56.3 Å². The van der Waals surface area contributed by atoms with Crippen LogP contribution in [0.5, 0.6) is 11.5 Å². The second-order valence-electron chi connectivity index (χ2n) is 8.73. The van der Waals surface area contributed by atoms with E-state index in [2.05, 4.69) is 21.3 Å². The SMILES string of the molecule is N#Cc1cnc2cc(OCCCN3CCOCC3)c(O)cc2c1Nc1ccc(Cc2ccco2)cc1. The molecule has 0 unspecified atom stereocenters. The lowest BCUT2D eigenvalue weighted by molar-refractivity contribution is 0.0357. The van der Waals surface area contributed by atoms with Crippen LogP contribution in [-0.4, -0.2) is 54.4 Å². The van der Waals surface area contributed by atoms with Crippen LogP contribution >= 0.6 is 0 Å². The summed E-state index contributed by atoms with van der Waals surface area (Å²) in [6.45, 7) is 4.84. The van der Waals surface area contributed by atoms with Crippen molar-refractivity contribution in [1.29, 1.82) is 5.26 Å². The number of nitrogens with zero attached hydrogens (tertiary/aromatic N) is 3. The standard InChI is InChI=1S/C28H28N4O4/c29-18-21-19-30-25-17-27(36-12-2-8-32-9-13-34-14-10-32)26(33)16-24(25)28(21)31-22-6-4-20(5-7-22)15-23-3-1-11-35-23/h1,3-7,11,16-17,19,33H,2,8-10,12-15H2,(H,30,31). The first-order valence-corrected chi connectivity index (χ1v) is 12.1. The van der Waals surface area contributed by atoms with Gasteiger partial charge in [0.15, 0.2) is 11.5 Å². The molecule has 1 aliphatic heterocycles. The van der Waals surface area contributed by atoms with E-state index in [4.69, 9.17) is 13.9 Å². The fraction of sp³-hybridized carbons (Fsp3) is 0.286. The van der Waals surface area contributed by atoms with E-state index in [9.17, 15) is 10.4 Å². The van der Waals surface area contributed by atoms with Gasteiger partial charge < -0.3 is 24.3 Å².